The summed E-state index contributed by atoms with van der Waals surface area (Å²) in [4.78, 5) is 12.9. The maximum absolute atomic E-state index is 12.6. The first-order chi connectivity index (χ1) is 13.9. The van der Waals surface area contributed by atoms with Gasteiger partial charge in [-0.05, 0) is 63.8 Å². The van der Waals surface area contributed by atoms with Gasteiger partial charge >= 0.3 is 0 Å². The van der Waals surface area contributed by atoms with Crippen LogP contribution in [0.2, 0.25) is 0 Å². The molecule has 2 aliphatic rings. The highest BCUT2D eigenvalue weighted by molar-refractivity contribution is 8.00. The zero-order valence-corrected chi connectivity index (χ0v) is 18.2. The Hall–Kier alpha value is -1.91. The summed E-state index contributed by atoms with van der Waals surface area (Å²) in [5, 5.41) is 11.6. The molecule has 0 spiro atoms. The highest BCUT2D eigenvalue weighted by Crippen LogP contribution is 2.39. The molecule has 1 N–H and O–H groups in total. The highest BCUT2D eigenvalue weighted by atomic mass is 32.2. The molecule has 1 aliphatic heterocycles. The minimum Gasteiger partial charge on any atom is -0.325 e. The lowest BCUT2D eigenvalue weighted by atomic mass is 10.3. The second-order valence-electron chi connectivity index (χ2n) is 7.52. The van der Waals surface area contributed by atoms with E-state index in [1.807, 2.05) is 13.8 Å². The molecule has 1 atom stereocenters. The Kier molecular flexibility index (Phi) is 5.67. The van der Waals surface area contributed by atoms with Gasteiger partial charge < -0.3 is 9.88 Å². The Balaban J connectivity index is 1.39. The zero-order valence-electron chi connectivity index (χ0n) is 16.5. The highest BCUT2D eigenvalue weighted by Gasteiger charge is 2.30. The van der Waals surface area contributed by atoms with Crippen molar-refractivity contribution >= 4 is 33.4 Å². The second kappa shape index (κ2) is 8.08. The number of nitrogens with zero attached hydrogens (tertiary/aromatic N) is 4. The predicted molar refractivity (Wildman–Crippen MR) is 111 cm³/mol. The van der Waals surface area contributed by atoms with E-state index in [9.17, 15) is 13.2 Å². The average molecular weight is 436 g/mol. The van der Waals surface area contributed by atoms with E-state index in [1.165, 1.54) is 16.1 Å². The summed E-state index contributed by atoms with van der Waals surface area (Å²) in [7, 11) is -3.45. The maximum atomic E-state index is 12.6. The number of amides is 1. The lowest BCUT2D eigenvalue weighted by Gasteiger charge is -2.16. The molecule has 1 aromatic carbocycles. The first-order valence-electron chi connectivity index (χ1n) is 9.85. The number of carbonyl (C=O) groups excluding carboxylic acids is 1. The maximum Gasteiger partial charge on any atom is 0.243 e. The van der Waals surface area contributed by atoms with Gasteiger partial charge in [0.2, 0.25) is 15.9 Å². The number of anilines is 1. The van der Waals surface area contributed by atoms with E-state index >= 15 is 0 Å². The Labute approximate surface area is 175 Å². The van der Waals surface area contributed by atoms with Crippen LogP contribution in [0.25, 0.3) is 0 Å². The largest absolute Gasteiger partial charge is 0.325 e. The topological polar surface area (TPSA) is 97.2 Å². The molecule has 1 saturated carbocycles. The standard InChI is InChI=1S/C19H25N5O3S2/c1-13(28-19-22-21-14(2)24(19)16-7-8-16)18(25)20-15-5-9-17(10-6-15)29(26,27)23-11-3-4-12-23/h5-6,9-10,13,16H,3-4,7-8,11-12H2,1-2H3,(H,20,25)/t13-/m0/s1. The monoisotopic (exact) mass is 435 g/mol. The summed E-state index contributed by atoms with van der Waals surface area (Å²) >= 11 is 1.39. The van der Waals surface area contributed by atoms with Crippen LogP contribution in [0.3, 0.4) is 0 Å². The van der Waals surface area contributed by atoms with Gasteiger partial charge in [-0.1, -0.05) is 11.8 Å². The fraction of sp³-hybridized carbons (Fsp3) is 0.526. The van der Waals surface area contributed by atoms with E-state index in [-0.39, 0.29) is 16.1 Å². The molecular weight excluding hydrogens is 410 g/mol. The number of rotatable bonds is 7. The van der Waals surface area contributed by atoms with Gasteiger partial charge in [-0.3, -0.25) is 4.79 Å². The molecule has 2 heterocycles. The molecule has 2 fully saturated rings. The van der Waals surface area contributed by atoms with Gasteiger partial charge in [0, 0.05) is 24.8 Å². The number of hydrogen-bond donors (Lipinski definition) is 1. The summed E-state index contributed by atoms with van der Waals surface area (Å²) in [5.41, 5.74) is 0.572. The van der Waals surface area contributed by atoms with Gasteiger partial charge in [-0.2, -0.15) is 4.31 Å². The molecule has 0 bridgehead atoms. The third kappa shape index (κ3) is 4.34. The Morgan fingerprint density at radius 2 is 1.83 bits per heavy atom. The Bertz CT molecular complexity index is 993. The number of carbonyl (C=O) groups is 1. The smallest absolute Gasteiger partial charge is 0.243 e. The van der Waals surface area contributed by atoms with Crippen LogP contribution < -0.4 is 5.32 Å². The molecule has 8 nitrogen and oxygen atoms in total. The summed E-state index contributed by atoms with van der Waals surface area (Å²) in [6.45, 7) is 4.90. The molecule has 2 aromatic rings. The van der Waals surface area contributed by atoms with Crippen molar-refractivity contribution in [3.63, 3.8) is 0 Å². The van der Waals surface area contributed by atoms with E-state index in [1.54, 1.807) is 24.3 Å². The molecule has 10 heteroatoms. The van der Waals surface area contributed by atoms with Crippen molar-refractivity contribution in [2.45, 2.75) is 60.9 Å². The third-order valence-corrected chi connectivity index (χ3v) is 8.19. The van der Waals surface area contributed by atoms with Crippen LogP contribution in [0, 0.1) is 6.92 Å². The van der Waals surface area contributed by atoms with Crippen LogP contribution >= 0.6 is 11.8 Å². The van der Waals surface area contributed by atoms with E-state index in [4.69, 9.17) is 0 Å². The summed E-state index contributed by atoms with van der Waals surface area (Å²) < 4.78 is 28.8. The van der Waals surface area contributed by atoms with E-state index < -0.39 is 10.0 Å². The number of thioether (sulfide) groups is 1. The van der Waals surface area contributed by atoms with E-state index in [0.29, 0.717) is 24.8 Å². The number of aryl methyl sites for hydroxylation is 1. The van der Waals surface area contributed by atoms with Gasteiger partial charge in [0.1, 0.15) is 5.82 Å². The first kappa shape index (κ1) is 20.4. The molecule has 1 saturated heterocycles. The molecule has 0 radical (unpaired) electrons. The summed E-state index contributed by atoms with van der Waals surface area (Å²) in [6, 6.07) is 6.82. The molecule has 4 rings (SSSR count). The fourth-order valence-corrected chi connectivity index (χ4v) is 5.91. The molecule has 156 valence electrons. The first-order valence-corrected chi connectivity index (χ1v) is 12.2. The van der Waals surface area contributed by atoms with Crippen molar-refractivity contribution in [2.24, 2.45) is 0 Å². The Morgan fingerprint density at radius 1 is 1.17 bits per heavy atom. The summed E-state index contributed by atoms with van der Waals surface area (Å²) in [5.74, 6) is 0.713. The third-order valence-electron chi connectivity index (χ3n) is 5.22. The molecule has 1 aromatic heterocycles. The number of hydrogen-bond acceptors (Lipinski definition) is 6. The molecule has 29 heavy (non-hydrogen) atoms. The van der Waals surface area contributed by atoms with E-state index in [0.717, 1.165) is 36.7 Å². The van der Waals surface area contributed by atoms with Crippen LogP contribution in [-0.2, 0) is 14.8 Å². The number of nitrogens with one attached hydrogen (secondary N) is 1. The second-order valence-corrected chi connectivity index (χ2v) is 10.8. The van der Waals surface area contributed by atoms with E-state index in [2.05, 4.69) is 20.1 Å². The molecule has 1 aliphatic carbocycles. The van der Waals surface area contributed by atoms with Crippen molar-refractivity contribution in [3.05, 3.63) is 30.1 Å². The van der Waals surface area contributed by atoms with Gasteiger partial charge in [0.15, 0.2) is 5.16 Å². The summed E-state index contributed by atoms with van der Waals surface area (Å²) in [6.07, 6.45) is 4.05. The normalized spacial score (nSPS) is 18.7. The lowest BCUT2D eigenvalue weighted by molar-refractivity contribution is -0.115. The lowest BCUT2D eigenvalue weighted by Crippen LogP contribution is -2.27. The SMILES string of the molecule is Cc1nnc(S[C@@H](C)C(=O)Nc2ccc(S(=O)(=O)N3CCCC3)cc2)n1C1CC1. The van der Waals surface area contributed by atoms with Gasteiger partial charge in [0.05, 0.1) is 10.1 Å². The molecular formula is C19H25N5O3S2. The number of benzene rings is 1. The molecule has 0 unspecified atom stereocenters. The van der Waals surface area contributed by atoms with Crippen LogP contribution in [-0.4, -0.2) is 51.7 Å². The fourth-order valence-electron chi connectivity index (χ4n) is 3.43. The van der Waals surface area contributed by atoms with Crippen molar-refractivity contribution in [3.8, 4) is 0 Å². The van der Waals surface area contributed by atoms with Crippen LogP contribution in [0.4, 0.5) is 5.69 Å². The van der Waals surface area contributed by atoms with Crippen molar-refractivity contribution < 1.29 is 13.2 Å². The van der Waals surface area contributed by atoms with Crippen LogP contribution in [0.5, 0.6) is 0 Å². The van der Waals surface area contributed by atoms with Crippen LogP contribution in [0.15, 0.2) is 34.3 Å². The van der Waals surface area contributed by atoms with Crippen molar-refractivity contribution in [2.75, 3.05) is 18.4 Å². The van der Waals surface area contributed by atoms with Gasteiger partial charge in [0.25, 0.3) is 0 Å². The molecule has 1 amide bonds. The van der Waals surface area contributed by atoms with Crippen LogP contribution in [0.1, 0.15) is 44.5 Å². The minimum atomic E-state index is -3.45. The number of sulfonamides is 1. The van der Waals surface area contributed by atoms with Crippen molar-refractivity contribution in [1.82, 2.24) is 19.1 Å². The van der Waals surface area contributed by atoms with Gasteiger partial charge in [-0.25, -0.2) is 8.42 Å². The van der Waals surface area contributed by atoms with Gasteiger partial charge in [-0.15, -0.1) is 10.2 Å². The Morgan fingerprint density at radius 3 is 2.45 bits per heavy atom. The number of aromatic nitrogens is 3. The average Bonchev–Trinajstić information content (AvgIpc) is 3.22. The zero-order chi connectivity index (χ0) is 20.6. The predicted octanol–water partition coefficient (Wildman–Crippen LogP) is 2.83. The van der Waals surface area contributed by atoms with Crippen molar-refractivity contribution in [1.29, 1.82) is 0 Å². The quantitative estimate of drug-likeness (QED) is 0.672. The minimum absolute atomic E-state index is 0.159.